The molecule has 0 radical (unpaired) electrons. The van der Waals surface area contributed by atoms with Gasteiger partial charge in [-0.25, -0.2) is 0 Å². The van der Waals surface area contributed by atoms with Crippen molar-refractivity contribution in [3.05, 3.63) is 35.9 Å². The van der Waals surface area contributed by atoms with Crippen molar-refractivity contribution in [3.8, 4) is 0 Å². The number of hydrogen-bond acceptors (Lipinski definition) is 5. The zero-order valence-electron chi connectivity index (χ0n) is 13.0. The summed E-state index contributed by atoms with van der Waals surface area (Å²) in [4.78, 5) is 14.3. The summed E-state index contributed by atoms with van der Waals surface area (Å²) in [5.41, 5.74) is 7.00. The van der Waals surface area contributed by atoms with Gasteiger partial charge in [-0.05, 0) is 24.9 Å². The summed E-state index contributed by atoms with van der Waals surface area (Å²) in [5, 5.41) is 10.1. The lowest BCUT2D eigenvalue weighted by molar-refractivity contribution is -0.128. The molecule has 1 aromatic rings. The predicted molar refractivity (Wildman–Crippen MR) is 85.6 cm³/mol. The Bertz CT molecular complexity index is 446. The summed E-state index contributed by atoms with van der Waals surface area (Å²) in [7, 11) is 0. The SMILES string of the molecule is NC(Cc1ccccc1)C(O)C(=O)CCCN1CCOCC1. The standard InChI is InChI=1S/C17H26N2O3/c18-15(13-14-5-2-1-3-6-14)17(21)16(20)7-4-8-19-9-11-22-12-10-19/h1-3,5-6,15,17,21H,4,7-13,18H2. The zero-order valence-corrected chi connectivity index (χ0v) is 13.0. The average Bonchev–Trinajstić information content (AvgIpc) is 2.56. The van der Waals surface area contributed by atoms with Crippen molar-refractivity contribution in [1.29, 1.82) is 0 Å². The molecule has 2 rings (SSSR count). The molecule has 5 heteroatoms. The molecule has 0 aromatic heterocycles. The molecule has 1 saturated heterocycles. The Morgan fingerprint density at radius 3 is 2.64 bits per heavy atom. The van der Waals surface area contributed by atoms with E-state index in [0.29, 0.717) is 12.8 Å². The molecule has 0 bridgehead atoms. The first-order valence-electron chi connectivity index (χ1n) is 7.97. The smallest absolute Gasteiger partial charge is 0.162 e. The highest BCUT2D eigenvalue weighted by Gasteiger charge is 2.22. The van der Waals surface area contributed by atoms with Crippen molar-refractivity contribution < 1.29 is 14.6 Å². The van der Waals surface area contributed by atoms with Gasteiger partial charge in [0, 0.05) is 25.6 Å². The summed E-state index contributed by atoms with van der Waals surface area (Å²) in [5.74, 6) is -0.156. The van der Waals surface area contributed by atoms with E-state index in [1.165, 1.54) is 0 Å². The molecule has 122 valence electrons. The minimum Gasteiger partial charge on any atom is -0.384 e. The van der Waals surface area contributed by atoms with Crippen molar-refractivity contribution >= 4 is 5.78 Å². The van der Waals surface area contributed by atoms with Crippen LogP contribution in [0.25, 0.3) is 0 Å². The molecule has 1 heterocycles. The minimum absolute atomic E-state index is 0.156. The molecule has 22 heavy (non-hydrogen) atoms. The molecule has 2 atom stereocenters. The second-order valence-electron chi connectivity index (χ2n) is 5.82. The van der Waals surface area contributed by atoms with Crippen LogP contribution < -0.4 is 5.73 Å². The highest BCUT2D eigenvalue weighted by Crippen LogP contribution is 2.08. The van der Waals surface area contributed by atoms with Crippen molar-refractivity contribution in [2.24, 2.45) is 5.73 Å². The molecule has 1 aliphatic rings. The number of nitrogens with zero attached hydrogens (tertiary/aromatic N) is 1. The van der Waals surface area contributed by atoms with Gasteiger partial charge in [0.05, 0.1) is 13.2 Å². The van der Waals surface area contributed by atoms with Crippen molar-refractivity contribution in [3.63, 3.8) is 0 Å². The van der Waals surface area contributed by atoms with E-state index in [9.17, 15) is 9.90 Å². The second kappa shape index (κ2) is 9.00. The van der Waals surface area contributed by atoms with Crippen LogP contribution in [0.15, 0.2) is 30.3 Å². The van der Waals surface area contributed by atoms with E-state index in [4.69, 9.17) is 10.5 Å². The van der Waals surface area contributed by atoms with Crippen LogP contribution in [-0.2, 0) is 16.0 Å². The Morgan fingerprint density at radius 1 is 1.27 bits per heavy atom. The summed E-state index contributed by atoms with van der Waals surface area (Å²) >= 11 is 0. The van der Waals surface area contributed by atoms with Crippen LogP contribution in [-0.4, -0.2) is 60.8 Å². The van der Waals surface area contributed by atoms with Crippen LogP contribution in [0.4, 0.5) is 0 Å². The van der Waals surface area contributed by atoms with E-state index in [1.807, 2.05) is 30.3 Å². The maximum atomic E-state index is 12.0. The third-order valence-electron chi connectivity index (χ3n) is 4.05. The quantitative estimate of drug-likeness (QED) is 0.735. The number of aliphatic hydroxyl groups excluding tert-OH is 1. The van der Waals surface area contributed by atoms with Gasteiger partial charge >= 0.3 is 0 Å². The molecule has 2 unspecified atom stereocenters. The lowest BCUT2D eigenvalue weighted by Crippen LogP contribution is -2.42. The van der Waals surface area contributed by atoms with Gasteiger partial charge < -0.3 is 15.6 Å². The van der Waals surface area contributed by atoms with E-state index < -0.39 is 12.1 Å². The Balaban J connectivity index is 1.69. The topological polar surface area (TPSA) is 75.8 Å². The maximum absolute atomic E-state index is 12.0. The molecule has 0 amide bonds. The summed E-state index contributed by atoms with van der Waals surface area (Å²) < 4.78 is 5.29. The Hall–Kier alpha value is -1.27. The van der Waals surface area contributed by atoms with Crippen molar-refractivity contribution in [2.75, 3.05) is 32.8 Å². The van der Waals surface area contributed by atoms with Crippen molar-refractivity contribution in [1.82, 2.24) is 4.90 Å². The number of morpholine rings is 1. The molecule has 1 aliphatic heterocycles. The van der Waals surface area contributed by atoms with Crippen molar-refractivity contribution in [2.45, 2.75) is 31.4 Å². The fourth-order valence-corrected chi connectivity index (χ4v) is 2.69. The Kier molecular flexibility index (Phi) is 6.99. The molecule has 3 N–H and O–H groups in total. The largest absolute Gasteiger partial charge is 0.384 e. The van der Waals surface area contributed by atoms with Gasteiger partial charge in [0.1, 0.15) is 6.10 Å². The summed E-state index contributed by atoms with van der Waals surface area (Å²) in [6.45, 7) is 4.24. The van der Waals surface area contributed by atoms with E-state index in [2.05, 4.69) is 4.90 Å². The van der Waals surface area contributed by atoms with E-state index >= 15 is 0 Å². The Morgan fingerprint density at radius 2 is 1.95 bits per heavy atom. The summed E-state index contributed by atoms with van der Waals surface area (Å²) in [6.07, 6.45) is 0.566. The number of nitrogens with two attached hydrogens (primary N) is 1. The first kappa shape index (κ1) is 17.1. The number of Topliss-reactive ketones (excluding diaryl/α,β-unsaturated/α-hetero) is 1. The molecule has 5 nitrogen and oxygen atoms in total. The Labute approximate surface area is 132 Å². The fourth-order valence-electron chi connectivity index (χ4n) is 2.69. The number of benzene rings is 1. The molecule has 0 spiro atoms. The number of carbonyl (C=O) groups is 1. The molecular weight excluding hydrogens is 280 g/mol. The lowest BCUT2D eigenvalue weighted by Gasteiger charge is -2.26. The third kappa shape index (κ3) is 5.50. The van der Waals surface area contributed by atoms with Gasteiger partial charge in [-0.3, -0.25) is 9.69 Å². The molecule has 1 fully saturated rings. The third-order valence-corrected chi connectivity index (χ3v) is 4.05. The van der Waals surface area contributed by atoms with Gasteiger partial charge in [-0.15, -0.1) is 0 Å². The number of ether oxygens (including phenoxy) is 1. The van der Waals surface area contributed by atoms with Crippen LogP contribution in [0.3, 0.4) is 0 Å². The normalized spacial score (nSPS) is 18.8. The molecule has 1 aromatic carbocycles. The molecule has 0 aliphatic carbocycles. The van der Waals surface area contributed by atoms with Gasteiger partial charge in [-0.2, -0.15) is 0 Å². The van der Waals surface area contributed by atoms with E-state index in [0.717, 1.165) is 44.8 Å². The van der Waals surface area contributed by atoms with Crippen LogP contribution in [0.1, 0.15) is 18.4 Å². The van der Waals surface area contributed by atoms with Gasteiger partial charge in [-0.1, -0.05) is 30.3 Å². The second-order valence-corrected chi connectivity index (χ2v) is 5.82. The van der Waals surface area contributed by atoms with Gasteiger partial charge in [0.2, 0.25) is 0 Å². The van der Waals surface area contributed by atoms with Crippen LogP contribution in [0.2, 0.25) is 0 Å². The zero-order chi connectivity index (χ0) is 15.8. The molecular formula is C17H26N2O3. The number of rotatable bonds is 8. The number of aliphatic hydroxyl groups is 1. The van der Waals surface area contributed by atoms with E-state index in [1.54, 1.807) is 0 Å². The average molecular weight is 306 g/mol. The minimum atomic E-state index is -1.08. The van der Waals surface area contributed by atoms with Crippen LogP contribution >= 0.6 is 0 Å². The maximum Gasteiger partial charge on any atom is 0.162 e. The summed E-state index contributed by atoms with van der Waals surface area (Å²) in [6, 6.07) is 9.16. The lowest BCUT2D eigenvalue weighted by atomic mass is 9.97. The molecule has 0 saturated carbocycles. The first-order chi connectivity index (χ1) is 10.7. The first-order valence-corrected chi connectivity index (χ1v) is 7.97. The monoisotopic (exact) mass is 306 g/mol. The predicted octanol–water partition coefficient (Wildman–Crippen LogP) is 0.599. The highest BCUT2D eigenvalue weighted by atomic mass is 16.5. The number of carbonyl (C=O) groups excluding carboxylic acids is 1. The van der Waals surface area contributed by atoms with Crippen LogP contribution in [0, 0.1) is 0 Å². The fraction of sp³-hybridized carbons (Fsp3) is 0.588. The van der Waals surface area contributed by atoms with E-state index in [-0.39, 0.29) is 5.78 Å². The number of hydrogen-bond donors (Lipinski definition) is 2. The van der Waals surface area contributed by atoms with Crippen LogP contribution in [0.5, 0.6) is 0 Å². The van der Waals surface area contributed by atoms with Gasteiger partial charge in [0.25, 0.3) is 0 Å². The number of ketones is 1. The highest BCUT2D eigenvalue weighted by molar-refractivity contribution is 5.83. The van der Waals surface area contributed by atoms with Gasteiger partial charge in [0.15, 0.2) is 5.78 Å².